The number of carbonyl (C=O) groups excluding carboxylic acids is 1. The molecular weight excluding hydrogens is 204 g/mol. The Labute approximate surface area is 97.3 Å². The van der Waals surface area contributed by atoms with Gasteiger partial charge in [-0.25, -0.2) is 0 Å². The third-order valence-electron chi connectivity index (χ3n) is 4.15. The summed E-state index contributed by atoms with van der Waals surface area (Å²) in [5, 5.41) is 2.93. The first kappa shape index (κ1) is 11.9. The van der Waals surface area contributed by atoms with Gasteiger partial charge >= 0.3 is 0 Å². The van der Waals surface area contributed by atoms with Crippen LogP contribution in [0.5, 0.6) is 0 Å². The Bertz CT molecular complexity index is 270. The number of ether oxygens (including phenoxy) is 1. The van der Waals surface area contributed by atoms with Gasteiger partial charge < -0.3 is 15.0 Å². The molecule has 0 spiro atoms. The van der Waals surface area contributed by atoms with Gasteiger partial charge in [0.15, 0.2) is 0 Å². The van der Waals surface area contributed by atoms with E-state index in [2.05, 4.69) is 5.32 Å². The van der Waals surface area contributed by atoms with Gasteiger partial charge in [-0.05, 0) is 25.8 Å². The summed E-state index contributed by atoms with van der Waals surface area (Å²) in [5.74, 6) is 0.889. The van der Waals surface area contributed by atoms with Gasteiger partial charge in [0, 0.05) is 25.6 Å². The minimum atomic E-state index is 0.229. The van der Waals surface area contributed by atoms with Gasteiger partial charge in [-0.15, -0.1) is 0 Å². The number of hydrogen-bond donors (Lipinski definition) is 1. The third kappa shape index (κ3) is 1.96. The highest BCUT2D eigenvalue weighted by Gasteiger charge is 2.50. The van der Waals surface area contributed by atoms with Crippen molar-refractivity contribution in [2.45, 2.75) is 19.3 Å². The van der Waals surface area contributed by atoms with Crippen molar-refractivity contribution in [2.75, 3.05) is 40.4 Å². The highest BCUT2D eigenvalue weighted by molar-refractivity contribution is 5.78. The Morgan fingerprint density at radius 1 is 1.62 bits per heavy atom. The smallest absolute Gasteiger partial charge is 0.236 e. The molecule has 1 saturated heterocycles. The number of fused-ring (bicyclic) bond motifs is 1. The molecule has 1 N–H and O–H groups in total. The lowest BCUT2D eigenvalue weighted by atomic mass is 9.82. The number of nitrogens with one attached hydrogen (secondary N) is 1. The Kier molecular flexibility index (Phi) is 3.50. The molecule has 0 unspecified atom stereocenters. The summed E-state index contributed by atoms with van der Waals surface area (Å²) >= 11 is 0. The normalized spacial score (nSPS) is 33.1. The van der Waals surface area contributed by atoms with Crippen LogP contribution in [-0.2, 0) is 9.53 Å². The van der Waals surface area contributed by atoms with E-state index in [0.29, 0.717) is 12.5 Å². The summed E-state index contributed by atoms with van der Waals surface area (Å²) in [6.07, 6.45) is 3.77. The summed E-state index contributed by atoms with van der Waals surface area (Å²) in [4.78, 5) is 13.9. The van der Waals surface area contributed by atoms with Gasteiger partial charge in [-0.2, -0.15) is 0 Å². The molecule has 1 aliphatic carbocycles. The maximum absolute atomic E-state index is 11.8. The van der Waals surface area contributed by atoms with E-state index in [0.717, 1.165) is 19.7 Å². The lowest BCUT2D eigenvalue weighted by Crippen LogP contribution is -2.38. The second-order valence-electron chi connectivity index (χ2n) is 5.19. The van der Waals surface area contributed by atoms with Crippen molar-refractivity contribution >= 4 is 5.91 Å². The van der Waals surface area contributed by atoms with Crippen molar-refractivity contribution in [1.82, 2.24) is 10.2 Å². The molecule has 0 aromatic heterocycles. The largest absolute Gasteiger partial charge is 0.384 e. The molecule has 0 bridgehead atoms. The van der Waals surface area contributed by atoms with Gasteiger partial charge in [0.05, 0.1) is 13.2 Å². The Hall–Kier alpha value is -0.610. The van der Waals surface area contributed by atoms with E-state index in [1.54, 1.807) is 7.11 Å². The molecule has 16 heavy (non-hydrogen) atoms. The summed E-state index contributed by atoms with van der Waals surface area (Å²) in [6.45, 7) is 3.09. The molecule has 1 aliphatic heterocycles. The zero-order chi connectivity index (χ0) is 11.6. The first-order chi connectivity index (χ1) is 7.72. The minimum absolute atomic E-state index is 0.229. The van der Waals surface area contributed by atoms with E-state index in [9.17, 15) is 4.79 Å². The van der Waals surface area contributed by atoms with Gasteiger partial charge in [-0.3, -0.25) is 4.79 Å². The standard InChI is InChI=1S/C12H22N2O2/c1-13-6-11(15)14-7-10-4-3-5-12(10,8-14)9-16-2/h10,13H,3-9H2,1-2H3/t10-,12-/m1/s1. The van der Waals surface area contributed by atoms with Crippen molar-refractivity contribution in [2.24, 2.45) is 11.3 Å². The van der Waals surface area contributed by atoms with Crippen molar-refractivity contribution in [3.05, 3.63) is 0 Å². The average Bonchev–Trinajstić information content (AvgIpc) is 2.74. The lowest BCUT2D eigenvalue weighted by molar-refractivity contribution is -0.129. The molecule has 0 radical (unpaired) electrons. The zero-order valence-corrected chi connectivity index (χ0v) is 10.3. The molecule has 2 aliphatic rings. The lowest BCUT2D eigenvalue weighted by Gasteiger charge is -2.27. The van der Waals surface area contributed by atoms with E-state index < -0.39 is 0 Å². The summed E-state index contributed by atoms with van der Waals surface area (Å²) in [6, 6.07) is 0. The molecule has 92 valence electrons. The quantitative estimate of drug-likeness (QED) is 0.758. The fourth-order valence-corrected chi connectivity index (χ4v) is 3.39. The predicted octanol–water partition coefficient (Wildman–Crippen LogP) is 0.481. The van der Waals surface area contributed by atoms with E-state index in [1.165, 1.54) is 19.3 Å². The van der Waals surface area contributed by atoms with Crippen LogP contribution in [0.4, 0.5) is 0 Å². The van der Waals surface area contributed by atoms with Crippen molar-refractivity contribution in [3.63, 3.8) is 0 Å². The number of likely N-dealkylation sites (tertiary alicyclic amines) is 1. The number of nitrogens with zero attached hydrogens (tertiary/aromatic N) is 1. The van der Waals surface area contributed by atoms with Crippen LogP contribution in [0.1, 0.15) is 19.3 Å². The number of methoxy groups -OCH3 is 1. The van der Waals surface area contributed by atoms with E-state index in [-0.39, 0.29) is 11.3 Å². The van der Waals surface area contributed by atoms with Crippen molar-refractivity contribution < 1.29 is 9.53 Å². The average molecular weight is 226 g/mol. The van der Waals surface area contributed by atoms with E-state index in [1.807, 2.05) is 11.9 Å². The molecule has 4 heteroatoms. The van der Waals surface area contributed by atoms with Crippen molar-refractivity contribution in [1.29, 1.82) is 0 Å². The molecule has 2 fully saturated rings. The molecule has 2 rings (SSSR count). The summed E-state index contributed by atoms with van der Waals surface area (Å²) < 4.78 is 5.36. The second kappa shape index (κ2) is 4.72. The fourth-order valence-electron chi connectivity index (χ4n) is 3.39. The van der Waals surface area contributed by atoms with Gasteiger partial charge in [0.2, 0.25) is 5.91 Å². The summed E-state index contributed by atoms with van der Waals surface area (Å²) in [7, 11) is 3.59. The van der Waals surface area contributed by atoms with Crippen LogP contribution in [0, 0.1) is 11.3 Å². The van der Waals surface area contributed by atoms with Crippen LogP contribution >= 0.6 is 0 Å². The Balaban J connectivity index is 2.01. The predicted molar refractivity (Wildman–Crippen MR) is 62.2 cm³/mol. The first-order valence-electron chi connectivity index (χ1n) is 6.13. The van der Waals surface area contributed by atoms with Crippen LogP contribution < -0.4 is 5.32 Å². The second-order valence-corrected chi connectivity index (χ2v) is 5.19. The maximum Gasteiger partial charge on any atom is 0.236 e. The number of rotatable bonds is 4. The van der Waals surface area contributed by atoms with Gasteiger partial charge in [0.1, 0.15) is 0 Å². The highest BCUT2D eigenvalue weighted by atomic mass is 16.5. The zero-order valence-electron chi connectivity index (χ0n) is 10.3. The SMILES string of the molecule is CNCC(=O)N1C[C@H]2CCC[C@]2(COC)C1. The Morgan fingerprint density at radius 2 is 2.44 bits per heavy atom. The molecule has 0 aromatic rings. The topological polar surface area (TPSA) is 41.6 Å². The van der Waals surface area contributed by atoms with Crippen LogP contribution in [0.15, 0.2) is 0 Å². The summed E-state index contributed by atoms with van der Waals surface area (Å²) in [5.41, 5.74) is 0.262. The monoisotopic (exact) mass is 226 g/mol. The van der Waals surface area contributed by atoms with Crippen LogP contribution in [-0.4, -0.2) is 51.2 Å². The van der Waals surface area contributed by atoms with E-state index >= 15 is 0 Å². The minimum Gasteiger partial charge on any atom is -0.384 e. The van der Waals surface area contributed by atoms with Gasteiger partial charge in [-0.1, -0.05) is 6.42 Å². The fraction of sp³-hybridized carbons (Fsp3) is 0.917. The third-order valence-corrected chi connectivity index (χ3v) is 4.15. The maximum atomic E-state index is 11.8. The van der Waals surface area contributed by atoms with E-state index in [4.69, 9.17) is 4.74 Å². The molecule has 2 atom stereocenters. The number of hydrogen-bond acceptors (Lipinski definition) is 3. The van der Waals surface area contributed by atoms with Gasteiger partial charge in [0.25, 0.3) is 0 Å². The van der Waals surface area contributed by atoms with Crippen LogP contribution in [0.25, 0.3) is 0 Å². The van der Waals surface area contributed by atoms with Crippen LogP contribution in [0.3, 0.4) is 0 Å². The molecule has 1 saturated carbocycles. The number of likely N-dealkylation sites (N-methyl/N-ethyl adjacent to an activating group) is 1. The molecule has 0 aromatic carbocycles. The number of amides is 1. The molecule has 4 nitrogen and oxygen atoms in total. The highest BCUT2D eigenvalue weighted by Crippen LogP contribution is 2.48. The Morgan fingerprint density at radius 3 is 3.12 bits per heavy atom. The van der Waals surface area contributed by atoms with Crippen LogP contribution in [0.2, 0.25) is 0 Å². The van der Waals surface area contributed by atoms with Crippen molar-refractivity contribution in [3.8, 4) is 0 Å². The first-order valence-corrected chi connectivity index (χ1v) is 6.13. The molecule has 1 amide bonds. The molecule has 1 heterocycles. The number of carbonyl (C=O) groups is 1. The molecular formula is C12H22N2O2.